The molecule has 0 N–H and O–H groups in total. The fourth-order valence-corrected chi connectivity index (χ4v) is 0.0962. The van der Waals surface area contributed by atoms with Crippen molar-refractivity contribution in [1.29, 1.82) is 1.34 Å². The van der Waals surface area contributed by atoms with Crippen LogP contribution in [0.4, 0.5) is 0 Å². The Labute approximate surface area is 33.7 Å². The largest absolute Gasteiger partial charge is 0.595 e. The standard InChI is InChI=1S/C2H7BO2/c1-4-3-5-2/h3H,1-2H3/q-1/i3T. The molecule has 0 aromatic rings. The molecule has 0 aliphatic heterocycles. The summed E-state index contributed by atoms with van der Waals surface area (Å²) in [7, 11) is 2.02. The van der Waals surface area contributed by atoms with E-state index in [1.807, 2.05) is 0 Å². The van der Waals surface area contributed by atoms with Gasteiger partial charge >= 0.3 is 0 Å². The van der Waals surface area contributed by atoms with Crippen LogP contribution in [0.15, 0.2) is 0 Å². The zero-order valence-electron chi connectivity index (χ0n) is 4.39. The van der Waals surface area contributed by atoms with Crippen molar-refractivity contribution in [3.63, 3.8) is 0 Å². The summed E-state index contributed by atoms with van der Waals surface area (Å²) in [5, 5.41) is 0. The minimum absolute atomic E-state index is 0.815. The zero-order chi connectivity index (χ0) is 4.99. The Morgan fingerprint density at radius 3 is 2.00 bits per heavy atom. The normalized spacial score (nSPS) is 12.2. The fourth-order valence-electron chi connectivity index (χ4n) is 0.0962. The van der Waals surface area contributed by atoms with Crippen LogP contribution < -0.4 is 0 Å². The molecule has 3 heteroatoms. The molecule has 0 fully saturated rings. The second-order valence-corrected chi connectivity index (χ2v) is 0.568. The lowest BCUT2D eigenvalue weighted by molar-refractivity contribution is 0.309. The lowest BCUT2D eigenvalue weighted by atomic mass is 10.4. The highest BCUT2D eigenvalue weighted by atomic mass is 16.6. The average Bonchev–Trinajstić information content (AvgIpc) is 1.65. The minimum atomic E-state index is -0.815. The zero-order valence-corrected chi connectivity index (χ0v) is 3.39. The maximum absolute atomic E-state index is 6.62. The molecule has 0 unspecified atom stereocenters. The van der Waals surface area contributed by atoms with E-state index >= 15 is 0 Å². The smallest absolute Gasteiger partial charge is 0.119 e. The maximum atomic E-state index is 6.62. The molecule has 0 saturated heterocycles. The van der Waals surface area contributed by atoms with Gasteiger partial charge in [-0.2, -0.15) is 1.34 Å². The highest BCUT2D eigenvalue weighted by Crippen LogP contribution is 1.55. The second-order valence-electron chi connectivity index (χ2n) is 0.568. The van der Waals surface area contributed by atoms with Gasteiger partial charge in [0.15, 0.2) is 0 Å². The van der Waals surface area contributed by atoms with Crippen molar-refractivity contribution in [2.75, 3.05) is 14.2 Å². The van der Waals surface area contributed by atoms with Crippen LogP contribution in [0.2, 0.25) is 0 Å². The molecule has 0 atom stereocenters. The average molecular weight is 75.9 g/mol. The van der Waals surface area contributed by atoms with Gasteiger partial charge in [0.2, 0.25) is 0 Å². The number of hydrogen-bond donors (Lipinski definition) is 0. The molecule has 0 bridgehead atoms. The van der Waals surface area contributed by atoms with E-state index in [0.717, 1.165) is 0 Å². The van der Waals surface area contributed by atoms with E-state index in [9.17, 15) is 0 Å². The Kier molecular flexibility index (Phi) is 2.54. The van der Waals surface area contributed by atoms with Crippen LogP contribution in [0.25, 0.3) is 0 Å². The molecule has 0 spiro atoms. The molecule has 31 valence electrons. The molecule has 0 aromatic carbocycles. The van der Waals surface area contributed by atoms with Gasteiger partial charge in [0, 0.05) is 0 Å². The van der Waals surface area contributed by atoms with Gasteiger partial charge in [-0.05, 0) is 14.2 Å². The summed E-state index contributed by atoms with van der Waals surface area (Å²) in [6.45, 7) is 0. The summed E-state index contributed by atoms with van der Waals surface area (Å²) in [4.78, 5) is 0. The SMILES string of the molecule is [3H][B-](OC)OC. The van der Waals surface area contributed by atoms with E-state index in [1.165, 1.54) is 14.2 Å². The van der Waals surface area contributed by atoms with Gasteiger partial charge in [0.05, 0.1) is 0 Å². The Bertz CT molecular complexity index is 30.7. The van der Waals surface area contributed by atoms with Gasteiger partial charge in [-0.1, -0.05) is 0 Å². The predicted molar refractivity (Wildman–Crippen MR) is 21.2 cm³/mol. The first-order valence-corrected chi connectivity index (χ1v) is 1.29. The lowest BCUT2D eigenvalue weighted by Gasteiger charge is -2.02. The Morgan fingerprint density at radius 1 is 1.60 bits per heavy atom. The first kappa shape index (κ1) is 3.19. The van der Waals surface area contributed by atoms with Gasteiger partial charge < -0.3 is 9.31 Å². The molecule has 2 nitrogen and oxygen atoms in total. The summed E-state index contributed by atoms with van der Waals surface area (Å²) in [5.74, 6) is 0. The van der Waals surface area contributed by atoms with Crippen LogP contribution in [0, 0.1) is 0 Å². The molecule has 0 saturated carbocycles. The third kappa shape index (κ3) is 3.98. The molecule has 0 aromatic heterocycles. The van der Waals surface area contributed by atoms with Crippen molar-refractivity contribution < 1.29 is 9.31 Å². The van der Waals surface area contributed by atoms with Crippen molar-refractivity contribution in [2.24, 2.45) is 0 Å². The van der Waals surface area contributed by atoms with E-state index in [1.54, 1.807) is 0 Å². The third-order valence-electron chi connectivity index (χ3n) is 0.192. The van der Waals surface area contributed by atoms with E-state index in [4.69, 9.17) is 1.34 Å². The van der Waals surface area contributed by atoms with Crippen molar-refractivity contribution in [3.8, 4) is 0 Å². The van der Waals surface area contributed by atoms with E-state index in [2.05, 4.69) is 9.31 Å². The lowest BCUT2D eigenvalue weighted by Crippen LogP contribution is -1.93. The minimum Gasteiger partial charge on any atom is -0.595 e. The third-order valence-corrected chi connectivity index (χ3v) is 0.192. The molecule has 5 heavy (non-hydrogen) atoms. The number of rotatable bonds is 2. The van der Waals surface area contributed by atoms with Crippen molar-refractivity contribution in [3.05, 3.63) is 0 Å². The van der Waals surface area contributed by atoms with Gasteiger partial charge in [-0.25, -0.2) is 0 Å². The summed E-state index contributed by atoms with van der Waals surface area (Å²) in [5.41, 5.74) is 0. The number of hydrogen-bond acceptors (Lipinski definition) is 2. The highest BCUT2D eigenvalue weighted by molar-refractivity contribution is 6.17. The first-order chi connectivity index (χ1) is 2.81. The second kappa shape index (κ2) is 3.98. The topological polar surface area (TPSA) is 18.5 Å². The van der Waals surface area contributed by atoms with Crippen LogP contribution >= 0.6 is 0 Å². The van der Waals surface area contributed by atoms with Crippen molar-refractivity contribution in [2.45, 2.75) is 0 Å². The predicted octanol–water partition coefficient (Wildman–Crippen LogP) is -0.454. The Balaban J connectivity index is 2.75. The summed E-state index contributed by atoms with van der Waals surface area (Å²) < 4.78 is 15.3. The quantitative estimate of drug-likeness (QED) is 0.414. The van der Waals surface area contributed by atoms with Gasteiger partial charge in [0.25, 0.3) is 0 Å². The monoisotopic (exact) mass is 76.1 g/mol. The van der Waals surface area contributed by atoms with Crippen LogP contribution in [-0.2, 0) is 9.31 Å². The molecular formula is C2H7BO2-. The molecule has 0 rings (SSSR count). The fraction of sp³-hybridized carbons (Fsp3) is 1.00. The van der Waals surface area contributed by atoms with Crippen LogP contribution in [0.3, 0.4) is 0 Å². The Hall–Kier alpha value is -0.0151. The van der Waals surface area contributed by atoms with Gasteiger partial charge in [-0.15, -0.1) is 0 Å². The van der Waals surface area contributed by atoms with Crippen molar-refractivity contribution in [1.82, 2.24) is 0 Å². The molecule has 0 aliphatic rings. The van der Waals surface area contributed by atoms with Crippen LogP contribution in [0.5, 0.6) is 0 Å². The first-order valence-electron chi connectivity index (χ1n) is 1.87. The van der Waals surface area contributed by atoms with E-state index in [-0.39, 0.29) is 0 Å². The van der Waals surface area contributed by atoms with E-state index < -0.39 is 7.65 Å². The molecule has 1 radical (unpaired) electrons. The highest BCUT2D eigenvalue weighted by Gasteiger charge is 1.51. The molecular weight excluding hydrogens is 66.8 g/mol. The van der Waals surface area contributed by atoms with Crippen LogP contribution in [0.1, 0.15) is 0 Å². The molecule has 0 heterocycles. The summed E-state index contributed by atoms with van der Waals surface area (Å²) >= 11 is 0. The summed E-state index contributed by atoms with van der Waals surface area (Å²) in [6.07, 6.45) is 0. The molecule has 0 aliphatic carbocycles. The van der Waals surface area contributed by atoms with Gasteiger partial charge in [-0.3, -0.25) is 0 Å². The van der Waals surface area contributed by atoms with Crippen molar-refractivity contribution >= 4 is 7.65 Å². The summed E-state index contributed by atoms with van der Waals surface area (Å²) in [6, 6.07) is 0. The van der Waals surface area contributed by atoms with Gasteiger partial charge in [0.1, 0.15) is 7.65 Å². The van der Waals surface area contributed by atoms with E-state index in [0.29, 0.717) is 0 Å². The Morgan fingerprint density at radius 2 is 2.00 bits per heavy atom. The molecule has 0 amide bonds. The maximum Gasteiger partial charge on any atom is 0.119 e. The van der Waals surface area contributed by atoms with Crippen LogP contribution in [-0.4, -0.2) is 23.2 Å².